The number of nitrogens with zero attached hydrogens (tertiary/aromatic N) is 2. The van der Waals surface area contributed by atoms with Gasteiger partial charge in [0.25, 0.3) is 5.91 Å². The zero-order chi connectivity index (χ0) is 23.6. The average molecular weight is 469 g/mol. The van der Waals surface area contributed by atoms with Gasteiger partial charge in [-0.1, -0.05) is 90.6 Å². The molecule has 0 bridgehead atoms. The Hall–Kier alpha value is -3.90. The number of benzene rings is 3. The Morgan fingerprint density at radius 2 is 1.29 bits per heavy atom. The maximum Gasteiger partial charge on any atom is 0.341 e. The van der Waals surface area contributed by atoms with Crippen molar-refractivity contribution in [2.45, 2.75) is 23.0 Å². The topological polar surface area (TPSA) is 59.5 Å². The lowest BCUT2D eigenvalue weighted by Gasteiger charge is -2.23. The molecule has 0 fully saturated rings. The van der Waals surface area contributed by atoms with Crippen LogP contribution in [0.25, 0.3) is 0 Å². The Labute approximate surface area is 203 Å². The van der Waals surface area contributed by atoms with Gasteiger partial charge in [-0.25, -0.2) is 9.78 Å². The Bertz CT molecular complexity index is 1180. The van der Waals surface area contributed by atoms with E-state index >= 15 is 0 Å². The first-order valence-electron chi connectivity index (χ1n) is 10.9. The molecule has 0 aliphatic rings. The third kappa shape index (κ3) is 6.56. The summed E-state index contributed by atoms with van der Waals surface area (Å²) in [6.45, 7) is 0.505. The van der Waals surface area contributed by atoms with Gasteiger partial charge in [0.15, 0.2) is 6.61 Å². The fourth-order valence-corrected chi connectivity index (χ4v) is 4.26. The van der Waals surface area contributed by atoms with Crippen LogP contribution in [0.1, 0.15) is 21.5 Å². The molecule has 0 atom stereocenters. The molecule has 6 heteroatoms. The van der Waals surface area contributed by atoms with Gasteiger partial charge in [0.1, 0.15) is 5.03 Å². The van der Waals surface area contributed by atoms with Crippen LogP contribution in [0.3, 0.4) is 0 Å². The molecule has 34 heavy (non-hydrogen) atoms. The Kier molecular flexibility index (Phi) is 8.08. The maximum atomic E-state index is 13.1. The highest BCUT2D eigenvalue weighted by Gasteiger charge is 2.20. The molecule has 1 aromatic heterocycles. The molecule has 3 aromatic carbocycles. The van der Waals surface area contributed by atoms with E-state index in [-0.39, 0.29) is 12.5 Å². The molecule has 0 spiro atoms. The van der Waals surface area contributed by atoms with E-state index in [4.69, 9.17) is 4.74 Å². The zero-order valence-electron chi connectivity index (χ0n) is 18.5. The van der Waals surface area contributed by atoms with Crippen molar-refractivity contribution in [1.29, 1.82) is 0 Å². The van der Waals surface area contributed by atoms with Gasteiger partial charge < -0.3 is 9.64 Å². The molecule has 0 saturated carbocycles. The highest BCUT2D eigenvalue weighted by atomic mass is 32.2. The molecule has 1 amide bonds. The highest BCUT2D eigenvalue weighted by Crippen LogP contribution is 2.28. The first-order valence-corrected chi connectivity index (χ1v) is 11.7. The van der Waals surface area contributed by atoms with Crippen molar-refractivity contribution in [1.82, 2.24) is 9.88 Å². The summed E-state index contributed by atoms with van der Waals surface area (Å²) in [5, 5.41) is 0.538. The minimum absolute atomic E-state index is 0.262. The summed E-state index contributed by atoms with van der Waals surface area (Å²) in [7, 11) is 0. The summed E-state index contributed by atoms with van der Waals surface area (Å²) in [5.74, 6) is -0.832. The molecule has 0 aliphatic carbocycles. The molecule has 0 radical (unpaired) electrons. The van der Waals surface area contributed by atoms with Crippen LogP contribution in [-0.2, 0) is 22.6 Å². The maximum absolute atomic E-state index is 13.1. The van der Waals surface area contributed by atoms with Crippen molar-refractivity contribution in [3.8, 4) is 0 Å². The lowest BCUT2D eigenvalue weighted by Crippen LogP contribution is -2.34. The first kappa shape index (κ1) is 23.3. The Balaban J connectivity index is 1.44. The zero-order valence-corrected chi connectivity index (χ0v) is 19.4. The molecule has 4 rings (SSSR count). The summed E-state index contributed by atoms with van der Waals surface area (Å²) < 4.78 is 5.44. The number of carbonyl (C=O) groups is 2. The van der Waals surface area contributed by atoms with Gasteiger partial charge >= 0.3 is 5.97 Å². The van der Waals surface area contributed by atoms with Crippen molar-refractivity contribution in [3.05, 3.63) is 126 Å². The summed E-state index contributed by atoms with van der Waals surface area (Å²) >= 11 is 1.38. The van der Waals surface area contributed by atoms with Crippen molar-refractivity contribution < 1.29 is 14.3 Å². The van der Waals surface area contributed by atoms with E-state index < -0.39 is 5.97 Å². The summed E-state index contributed by atoms with van der Waals surface area (Å²) in [6, 6.07) is 32.5. The third-order valence-electron chi connectivity index (χ3n) is 5.06. The van der Waals surface area contributed by atoms with Crippen LogP contribution >= 0.6 is 11.8 Å². The van der Waals surface area contributed by atoms with E-state index in [1.54, 1.807) is 23.2 Å². The molecular weight excluding hydrogens is 444 g/mol. The SMILES string of the molecule is O=C(OCC(=O)N(Cc1ccccc1)Cc1ccccc1)c1cccnc1Sc1ccccc1. The molecule has 4 aromatic rings. The van der Waals surface area contributed by atoms with Gasteiger partial charge in [-0.3, -0.25) is 4.79 Å². The normalized spacial score (nSPS) is 10.5. The quantitative estimate of drug-likeness (QED) is 0.299. The summed E-state index contributed by atoms with van der Waals surface area (Å²) in [6.07, 6.45) is 1.63. The average Bonchev–Trinajstić information content (AvgIpc) is 2.89. The molecule has 5 nitrogen and oxygen atoms in total. The largest absolute Gasteiger partial charge is 0.452 e. The number of hydrogen-bond acceptors (Lipinski definition) is 5. The molecular formula is C28H24N2O3S. The predicted octanol–water partition coefficient (Wildman–Crippen LogP) is 5.62. The third-order valence-corrected chi connectivity index (χ3v) is 6.09. The lowest BCUT2D eigenvalue weighted by atomic mass is 10.1. The van der Waals surface area contributed by atoms with E-state index in [1.807, 2.05) is 91.0 Å². The summed E-state index contributed by atoms with van der Waals surface area (Å²) in [4.78, 5) is 32.9. The van der Waals surface area contributed by atoms with Crippen LogP contribution in [0.5, 0.6) is 0 Å². The van der Waals surface area contributed by atoms with Crippen LogP contribution in [0, 0.1) is 0 Å². The minimum Gasteiger partial charge on any atom is -0.452 e. The Morgan fingerprint density at radius 3 is 1.88 bits per heavy atom. The highest BCUT2D eigenvalue weighted by molar-refractivity contribution is 7.99. The Morgan fingerprint density at radius 1 is 0.735 bits per heavy atom. The fourth-order valence-electron chi connectivity index (χ4n) is 3.36. The molecule has 1 heterocycles. The monoisotopic (exact) mass is 468 g/mol. The van der Waals surface area contributed by atoms with Gasteiger partial charge in [-0.15, -0.1) is 0 Å². The van der Waals surface area contributed by atoms with Gasteiger partial charge in [-0.2, -0.15) is 0 Å². The van der Waals surface area contributed by atoms with Crippen LogP contribution in [0.2, 0.25) is 0 Å². The van der Waals surface area contributed by atoms with E-state index in [0.29, 0.717) is 23.7 Å². The second-order valence-electron chi connectivity index (χ2n) is 7.57. The van der Waals surface area contributed by atoms with Crippen LogP contribution in [-0.4, -0.2) is 28.4 Å². The number of hydrogen-bond donors (Lipinski definition) is 0. The second-order valence-corrected chi connectivity index (χ2v) is 8.63. The van der Waals surface area contributed by atoms with Crippen molar-refractivity contribution in [2.75, 3.05) is 6.61 Å². The number of aromatic nitrogens is 1. The van der Waals surface area contributed by atoms with Gasteiger partial charge in [0.2, 0.25) is 0 Å². The number of esters is 1. The number of rotatable bonds is 9. The number of carbonyl (C=O) groups excluding carboxylic acids is 2. The standard InChI is InChI=1S/C28H24N2O3S/c31-26(30(19-22-11-4-1-5-12-22)20-23-13-6-2-7-14-23)21-33-28(32)25-17-10-18-29-27(25)34-24-15-8-3-9-16-24/h1-18H,19-21H2. The molecule has 0 saturated heterocycles. The molecule has 0 unspecified atom stereocenters. The summed E-state index contributed by atoms with van der Waals surface area (Å²) in [5.41, 5.74) is 2.35. The number of ether oxygens (including phenoxy) is 1. The molecule has 0 N–H and O–H groups in total. The van der Waals surface area contributed by atoms with Crippen LogP contribution < -0.4 is 0 Å². The van der Waals surface area contributed by atoms with Crippen molar-refractivity contribution in [2.24, 2.45) is 0 Å². The lowest BCUT2D eigenvalue weighted by molar-refractivity contribution is -0.135. The van der Waals surface area contributed by atoms with Gasteiger partial charge in [0.05, 0.1) is 5.56 Å². The van der Waals surface area contributed by atoms with Crippen molar-refractivity contribution in [3.63, 3.8) is 0 Å². The van der Waals surface area contributed by atoms with E-state index in [1.165, 1.54) is 11.8 Å². The first-order chi connectivity index (χ1) is 16.7. The van der Waals surface area contributed by atoms with E-state index in [0.717, 1.165) is 16.0 Å². The van der Waals surface area contributed by atoms with Crippen LogP contribution in [0.4, 0.5) is 0 Å². The van der Waals surface area contributed by atoms with Crippen molar-refractivity contribution >= 4 is 23.6 Å². The molecule has 0 aliphatic heterocycles. The fraction of sp³-hybridized carbons (Fsp3) is 0.107. The van der Waals surface area contributed by atoms with Crippen LogP contribution in [0.15, 0.2) is 119 Å². The van der Waals surface area contributed by atoms with Gasteiger partial charge in [-0.05, 0) is 35.4 Å². The number of pyridine rings is 1. The second kappa shape index (κ2) is 11.8. The van der Waals surface area contributed by atoms with E-state index in [2.05, 4.69) is 4.98 Å². The van der Waals surface area contributed by atoms with E-state index in [9.17, 15) is 9.59 Å². The smallest absolute Gasteiger partial charge is 0.341 e. The van der Waals surface area contributed by atoms with Gasteiger partial charge in [0, 0.05) is 24.2 Å². The minimum atomic E-state index is -0.570. The molecule has 170 valence electrons. The predicted molar refractivity (Wildman–Crippen MR) is 132 cm³/mol. The number of amides is 1.